The van der Waals surface area contributed by atoms with E-state index in [-0.39, 0.29) is 11.3 Å². The lowest BCUT2D eigenvalue weighted by atomic mass is 10.0. The number of esters is 1. The van der Waals surface area contributed by atoms with E-state index in [0.717, 1.165) is 30.0 Å². The van der Waals surface area contributed by atoms with Gasteiger partial charge in [0.05, 0.1) is 19.3 Å². The summed E-state index contributed by atoms with van der Waals surface area (Å²) in [4.78, 5) is 11.7. The van der Waals surface area contributed by atoms with Gasteiger partial charge in [0.15, 0.2) is 17.4 Å². The Morgan fingerprint density at radius 2 is 1.45 bits per heavy atom. The van der Waals surface area contributed by atoms with Crippen molar-refractivity contribution in [2.24, 2.45) is 0 Å². The lowest BCUT2D eigenvalue weighted by molar-refractivity contribution is 0.0601. The van der Waals surface area contributed by atoms with Crippen LogP contribution in [0, 0.1) is 23.5 Å². The van der Waals surface area contributed by atoms with Crippen molar-refractivity contribution in [3.8, 4) is 17.6 Å². The van der Waals surface area contributed by atoms with Crippen molar-refractivity contribution >= 4 is 16.7 Å². The van der Waals surface area contributed by atoms with Gasteiger partial charge in [-0.2, -0.15) is 0 Å². The molecule has 0 heterocycles. The van der Waals surface area contributed by atoms with Gasteiger partial charge in [-0.05, 0) is 53.6 Å². The first-order valence-corrected chi connectivity index (χ1v) is 11.3. The number of hydrogen-bond donors (Lipinski definition) is 0. The molecule has 3 aromatic carbocycles. The first-order valence-electron chi connectivity index (χ1n) is 11.3. The Bertz CT molecular complexity index is 1150. The van der Waals surface area contributed by atoms with Gasteiger partial charge < -0.3 is 9.47 Å². The van der Waals surface area contributed by atoms with Crippen LogP contribution in [-0.2, 0) is 4.74 Å². The number of methoxy groups -OCH3 is 1. The average Bonchev–Trinajstić information content (AvgIpc) is 2.82. The summed E-state index contributed by atoms with van der Waals surface area (Å²) in [6.45, 7) is 2.45. The highest BCUT2D eigenvalue weighted by molar-refractivity contribution is 5.95. The van der Waals surface area contributed by atoms with Gasteiger partial charge in [-0.1, -0.05) is 63.0 Å². The Morgan fingerprint density at radius 3 is 2.18 bits per heavy atom. The van der Waals surface area contributed by atoms with Gasteiger partial charge in [0.1, 0.15) is 0 Å². The van der Waals surface area contributed by atoms with Crippen LogP contribution in [-0.4, -0.2) is 19.7 Å². The predicted molar refractivity (Wildman–Crippen MR) is 126 cm³/mol. The maximum atomic E-state index is 14.4. The van der Waals surface area contributed by atoms with E-state index in [4.69, 9.17) is 9.47 Å². The van der Waals surface area contributed by atoms with Crippen molar-refractivity contribution in [1.29, 1.82) is 0 Å². The molecule has 0 radical (unpaired) electrons. The van der Waals surface area contributed by atoms with Gasteiger partial charge >= 0.3 is 5.97 Å². The van der Waals surface area contributed by atoms with E-state index >= 15 is 0 Å². The summed E-state index contributed by atoms with van der Waals surface area (Å²) in [5.41, 5.74) is 1.39. The Balaban J connectivity index is 1.66. The van der Waals surface area contributed by atoms with Crippen LogP contribution in [0.5, 0.6) is 5.75 Å². The van der Waals surface area contributed by atoms with Gasteiger partial charge in [0.2, 0.25) is 0 Å². The number of ether oxygens (including phenoxy) is 2. The molecule has 33 heavy (non-hydrogen) atoms. The first-order chi connectivity index (χ1) is 16.0. The minimum atomic E-state index is -0.751. The minimum Gasteiger partial charge on any atom is -0.488 e. The van der Waals surface area contributed by atoms with Gasteiger partial charge in [-0.25, -0.2) is 13.6 Å². The van der Waals surface area contributed by atoms with Crippen LogP contribution in [0.15, 0.2) is 48.5 Å². The Kier molecular flexibility index (Phi) is 8.83. The molecule has 0 aromatic heterocycles. The number of carbonyl (C=O) groups is 1. The van der Waals surface area contributed by atoms with E-state index in [2.05, 4.69) is 18.8 Å². The molecule has 0 amide bonds. The topological polar surface area (TPSA) is 35.5 Å². The largest absolute Gasteiger partial charge is 0.488 e. The third-order valence-electron chi connectivity index (χ3n) is 5.36. The first kappa shape index (κ1) is 24.3. The summed E-state index contributed by atoms with van der Waals surface area (Å²) in [5.74, 6) is 3.50. The van der Waals surface area contributed by atoms with E-state index in [9.17, 15) is 13.6 Å². The third-order valence-corrected chi connectivity index (χ3v) is 5.36. The predicted octanol–water partition coefficient (Wildman–Crippen LogP) is 7.04. The zero-order valence-electron chi connectivity index (χ0n) is 19.0. The highest BCUT2D eigenvalue weighted by atomic mass is 19.1. The van der Waals surface area contributed by atoms with Gasteiger partial charge in [-0.15, -0.1) is 0 Å². The number of carbonyl (C=O) groups excluding carboxylic acids is 1. The van der Waals surface area contributed by atoms with Crippen LogP contribution >= 0.6 is 0 Å². The summed E-state index contributed by atoms with van der Waals surface area (Å²) < 4.78 is 38.8. The number of rotatable bonds is 9. The van der Waals surface area contributed by atoms with Gasteiger partial charge in [-0.3, -0.25) is 0 Å². The maximum absolute atomic E-state index is 14.4. The third kappa shape index (κ3) is 6.79. The summed E-state index contributed by atoms with van der Waals surface area (Å²) in [6.07, 6.45) is 6.44. The molecule has 0 unspecified atom stereocenters. The van der Waals surface area contributed by atoms with Gasteiger partial charge in [0, 0.05) is 11.1 Å². The second-order valence-electron chi connectivity index (χ2n) is 7.90. The van der Waals surface area contributed by atoms with Crippen LogP contribution in [0.4, 0.5) is 8.78 Å². The fourth-order valence-corrected chi connectivity index (χ4v) is 3.54. The van der Waals surface area contributed by atoms with E-state index in [1.54, 1.807) is 18.2 Å². The summed E-state index contributed by atoms with van der Waals surface area (Å²) in [6, 6.07) is 13.1. The molecule has 0 saturated carbocycles. The molecule has 0 aliphatic heterocycles. The summed E-state index contributed by atoms with van der Waals surface area (Å²) in [5, 5.41) is 1.76. The SMILES string of the molecule is CCCCCCCCOc1c(F)cc(C#Cc2ccc3cc(C(=O)OC)ccc3c2)cc1F. The number of unbranched alkanes of at least 4 members (excludes halogenated alkanes) is 5. The van der Waals surface area contributed by atoms with Crippen molar-refractivity contribution < 1.29 is 23.0 Å². The molecule has 0 N–H and O–H groups in total. The number of hydrogen-bond acceptors (Lipinski definition) is 3. The molecule has 3 nitrogen and oxygen atoms in total. The van der Waals surface area contributed by atoms with Crippen molar-refractivity contribution in [3.63, 3.8) is 0 Å². The molecule has 0 saturated heterocycles. The van der Waals surface area contributed by atoms with Crippen LogP contribution in [0.1, 0.15) is 66.9 Å². The molecular formula is C28H28F2O3. The lowest BCUT2D eigenvalue weighted by Crippen LogP contribution is -2.02. The van der Waals surface area contributed by atoms with Crippen LogP contribution in [0.2, 0.25) is 0 Å². The summed E-state index contributed by atoms with van der Waals surface area (Å²) in [7, 11) is 1.34. The average molecular weight is 451 g/mol. The van der Waals surface area contributed by atoms with Crippen molar-refractivity contribution in [1.82, 2.24) is 0 Å². The molecule has 0 aliphatic carbocycles. The van der Waals surface area contributed by atoms with Crippen molar-refractivity contribution in [2.45, 2.75) is 45.4 Å². The zero-order chi connectivity index (χ0) is 23.6. The van der Waals surface area contributed by atoms with Crippen molar-refractivity contribution in [2.75, 3.05) is 13.7 Å². The standard InChI is InChI=1S/C28H28F2O3/c1-3-4-5-6-7-8-15-33-27-25(29)17-21(18-26(27)30)10-9-20-11-12-23-19-24(28(31)32-2)14-13-22(23)16-20/h11-14,16-19H,3-8,15H2,1-2H3. The monoisotopic (exact) mass is 450 g/mol. The lowest BCUT2D eigenvalue weighted by Gasteiger charge is -2.09. The molecule has 0 spiro atoms. The Hall–Kier alpha value is -3.39. The van der Waals surface area contributed by atoms with Crippen LogP contribution in [0.3, 0.4) is 0 Å². The molecule has 5 heteroatoms. The quantitative estimate of drug-likeness (QED) is 0.199. The van der Waals surface area contributed by atoms with E-state index in [1.807, 2.05) is 18.2 Å². The molecule has 3 rings (SSSR count). The Labute approximate surface area is 193 Å². The maximum Gasteiger partial charge on any atom is 0.337 e. The molecule has 3 aromatic rings. The van der Waals surface area contributed by atoms with Crippen molar-refractivity contribution in [3.05, 3.63) is 76.9 Å². The molecule has 0 atom stereocenters. The summed E-state index contributed by atoms with van der Waals surface area (Å²) >= 11 is 0. The van der Waals surface area contributed by atoms with E-state index < -0.39 is 17.6 Å². The highest BCUT2D eigenvalue weighted by Gasteiger charge is 2.12. The van der Waals surface area contributed by atoms with Crippen LogP contribution < -0.4 is 4.74 Å². The fourth-order valence-electron chi connectivity index (χ4n) is 3.54. The molecule has 0 fully saturated rings. The molecular weight excluding hydrogens is 422 g/mol. The normalized spacial score (nSPS) is 10.5. The molecule has 0 aliphatic rings. The van der Waals surface area contributed by atoms with E-state index in [1.165, 1.54) is 38.5 Å². The second kappa shape index (κ2) is 12.0. The highest BCUT2D eigenvalue weighted by Crippen LogP contribution is 2.24. The molecule has 0 bridgehead atoms. The minimum absolute atomic E-state index is 0.234. The Morgan fingerprint density at radius 1 is 0.818 bits per heavy atom. The fraction of sp³-hybridized carbons (Fsp3) is 0.321. The smallest absolute Gasteiger partial charge is 0.337 e. The number of fused-ring (bicyclic) bond motifs is 1. The zero-order valence-corrected chi connectivity index (χ0v) is 19.0. The van der Waals surface area contributed by atoms with Gasteiger partial charge in [0.25, 0.3) is 0 Å². The number of halogens is 2. The number of benzene rings is 3. The van der Waals surface area contributed by atoms with E-state index in [0.29, 0.717) is 17.7 Å². The second-order valence-corrected chi connectivity index (χ2v) is 7.90. The van der Waals surface area contributed by atoms with Crippen LogP contribution in [0.25, 0.3) is 10.8 Å². The molecule has 172 valence electrons.